The van der Waals surface area contributed by atoms with Crippen molar-refractivity contribution in [1.29, 1.82) is 0 Å². The average Bonchev–Trinajstić information content (AvgIpc) is 3.22. The number of nitrogens with two attached hydrogens (primary N) is 1. The molecular weight excluding hydrogens is 376 g/mol. The molecule has 0 amide bonds. The van der Waals surface area contributed by atoms with Crippen molar-refractivity contribution in [3.8, 4) is 39.5 Å². The first kappa shape index (κ1) is 18.1. The molecule has 1 aliphatic rings. The fourth-order valence-corrected chi connectivity index (χ4v) is 3.83. The number of phenols is 1. The van der Waals surface area contributed by atoms with Gasteiger partial charge in [0.15, 0.2) is 11.5 Å². The molecular formula is C25H20N2O3. The molecule has 4 aromatic rings. The summed E-state index contributed by atoms with van der Waals surface area (Å²) in [4.78, 5) is 4.30. The number of anilines is 1. The lowest BCUT2D eigenvalue weighted by molar-refractivity contribution is 0.174. The molecule has 2 heterocycles. The summed E-state index contributed by atoms with van der Waals surface area (Å²) >= 11 is 0. The number of aromatic nitrogens is 1. The number of nitrogens with zero attached hydrogens (tertiary/aromatic N) is 1. The van der Waals surface area contributed by atoms with Crippen LogP contribution < -0.4 is 15.2 Å². The first-order valence-corrected chi connectivity index (χ1v) is 9.69. The van der Waals surface area contributed by atoms with E-state index in [9.17, 15) is 5.11 Å². The van der Waals surface area contributed by atoms with Crippen molar-refractivity contribution in [3.05, 3.63) is 90.1 Å². The van der Waals surface area contributed by atoms with Crippen molar-refractivity contribution in [3.63, 3.8) is 0 Å². The summed E-state index contributed by atoms with van der Waals surface area (Å²) < 4.78 is 11.0. The van der Waals surface area contributed by atoms with Crippen LogP contribution in [0.1, 0.15) is 11.1 Å². The van der Waals surface area contributed by atoms with Crippen molar-refractivity contribution in [1.82, 2.24) is 4.98 Å². The number of hydrogen-bond donors (Lipinski definition) is 2. The molecule has 1 aliphatic heterocycles. The predicted octanol–water partition coefficient (Wildman–Crippen LogP) is 5.02. The monoisotopic (exact) mass is 396 g/mol. The number of benzene rings is 3. The van der Waals surface area contributed by atoms with Crippen LogP contribution in [0, 0.1) is 0 Å². The van der Waals surface area contributed by atoms with E-state index in [1.165, 1.54) is 0 Å². The third-order valence-corrected chi connectivity index (χ3v) is 5.21. The Labute approximate surface area is 174 Å². The van der Waals surface area contributed by atoms with Gasteiger partial charge in [-0.25, -0.2) is 4.98 Å². The van der Waals surface area contributed by atoms with Crippen molar-refractivity contribution < 1.29 is 14.6 Å². The van der Waals surface area contributed by atoms with Crippen LogP contribution in [0.5, 0.6) is 17.2 Å². The summed E-state index contributed by atoms with van der Waals surface area (Å²) in [5, 5.41) is 10.0. The molecule has 0 saturated carbocycles. The number of ether oxygens (including phenoxy) is 2. The van der Waals surface area contributed by atoms with Crippen molar-refractivity contribution in [2.24, 2.45) is 0 Å². The minimum atomic E-state index is 0.232. The summed E-state index contributed by atoms with van der Waals surface area (Å²) in [5.41, 5.74) is 12.1. The van der Waals surface area contributed by atoms with Crippen LogP contribution in [-0.2, 0) is 6.42 Å². The molecule has 30 heavy (non-hydrogen) atoms. The van der Waals surface area contributed by atoms with Gasteiger partial charge in [0.25, 0.3) is 0 Å². The van der Waals surface area contributed by atoms with Gasteiger partial charge in [-0.2, -0.15) is 0 Å². The fraction of sp³-hybridized carbons (Fsp3) is 0.0800. The van der Waals surface area contributed by atoms with E-state index in [0.717, 1.165) is 44.9 Å². The first-order chi connectivity index (χ1) is 14.7. The maximum absolute atomic E-state index is 10.0. The molecule has 148 valence electrons. The van der Waals surface area contributed by atoms with Crippen molar-refractivity contribution >= 4 is 5.82 Å². The molecule has 0 unspecified atom stereocenters. The standard InChI is InChI=1S/C25H20N2O3/c26-24-10-8-19(14-27-24)25-18(11-16-7-9-22-23(12-16)30-15-29-22)4-2-6-21(25)17-3-1-5-20(28)13-17/h1-10,12-14,28H,11,15H2,(H2,26,27). The summed E-state index contributed by atoms with van der Waals surface area (Å²) in [6.07, 6.45) is 2.50. The van der Waals surface area contributed by atoms with Crippen LogP contribution in [0.4, 0.5) is 5.82 Å². The van der Waals surface area contributed by atoms with Gasteiger partial charge in [-0.3, -0.25) is 0 Å². The number of nitrogen functional groups attached to an aromatic ring is 1. The van der Waals surface area contributed by atoms with Crippen LogP contribution >= 0.6 is 0 Å². The van der Waals surface area contributed by atoms with Gasteiger partial charge < -0.3 is 20.3 Å². The average molecular weight is 396 g/mol. The van der Waals surface area contributed by atoms with Gasteiger partial charge in [0.05, 0.1) is 0 Å². The summed E-state index contributed by atoms with van der Waals surface area (Å²) in [6.45, 7) is 0.258. The van der Waals surface area contributed by atoms with Gasteiger partial charge in [-0.1, -0.05) is 36.4 Å². The number of hydrogen-bond acceptors (Lipinski definition) is 5. The molecule has 5 nitrogen and oxygen atoms in total. The van der Waals surface area contributed by atoms with E-state index >= 15 is 0 Å². The highest BCUT2D eigenvalue weighted by molar-refractivity contribution is 5.86. The van der Waals surface area contributed by atoms with Crippen LogP contribution in [0.2, 0.25) is 0 Å². The molecule has 0 saturated heterocycles. The minimum Gasteiger partial charge on any atom is -0.508 e. The topological polar surface area (TPSA) is 77.6 Å². The van der Waals surface area contributed by atoms with Gasteiger partial charge in [-0.15, -0.1) is 0 Å². The molecule has 3 N–H and O–H groups in total. The zero-order valence-electron chi connectivity index (χ0n) is 16.2. The summed E-state index contributed by atoms with van der Waals surface area (Å²) in [6, 6.07) is 23.3. The predicted molar refractivity (Wildman–Crippen MR) is 117 cm³/mol. The van der Waals surface area contributed by atoms with E-state index < -0.39 is 0 Å². The number of pyridine rings is 1. The molecule has 0 bridgehead atoms. The van der Waals surface area contributed by atoms with Crippen molar-refractivity contribution in [2.45, 2.75) is 6.42 Å². The lowest BCUT2D eigenvalue weighted by atomic mass is 9.88. The molecule has 0 spiro atoms. The number of rotatable bonds is 4. The Morgan fingerprint density at radius 2 is 1.73 bits per heavy atom. The summed E-state index contributed by atoms with van der Waals surface area (Å²) in [7, 11) is 0. The lowest BCUT2D eigenvalue weighted by Crippen LogP contribution is -1.97. The van der Waals surface area contributed by atoms with Crippen molar-refractivity contribution in [2.75, 3.05) is 12.5 Å². The van der Waals surface area contributed by atoms with Gasteiger partial charge in [0.1, 0.15) is 11.6 Å². The van der Waals surface area contributed by atoms with E-state index in [1.807, 2.05) is 36.4 Å². The maximum atomic E-state index is 10.0. The second kappa shape index (κ2) is 7.44. The Morgan fingerprint density at radius 1 is 0.867 bits per heavy atom. The second-order valence-electron chi connectivity index (χ2n) is 7.23. The Kier molecular flexibility index (Phi) is 4.48. The Bertz CT molecular complexity index is 1220. The Balaban J connectivity index is 1.65. The quantitative estimate of drug-likeness (QED) is 0.506. The van der Waals surface area contributed by atoms with E-state index in [1.54, 1.807) is 24.4 Å². The Hall–Kier alpha value is -3.99. The molecule has 5 rings (SSSR count). The van der Waals surface area contributed by atoms with Gasteiger partial charge >= 0.3 is 0 Å². The number of fused-ring (bicyclic) bond motifs is 1. The van der Waals surface area contributed by atoms with E-state index in [-0.39, 0.29) is 12.5 Å². The molecule has 1 aromatic heterocycles. The molecule has 3 aromatic carbocycles. The highest BCUT2D eigenvalue weighted by Gasteiger charge is 2.17. The van der Waals surface area contributed by atoms with Crippen LogP contribution in [0.3, 0.4) is 0 Å². The first-order valence-electron chi connectivity index (χ1n) is 9.69. The van der Waals surface area contributed by atoms with E-state index in [0.29, 0.717) is 12.2 Å². The normalized spacial score (nSPS) is 12.1. The number of aromatic hydroxyl groups is 1. The fourth-order valence-electron chi connectivity index (χ4n) is 3.83. The lowest BCUT2D eigenvalue weighted by Gasteiger charge is -2.16. The number of phenolic OH excluding ortho intramolecular Hbond substituents is 1. The van der Waals surface area contributed by atoms with Crippen LogP contribution in [0.15, 0.2) is 79.0 Å². The van der Waals surface area contributed by atoms with Crippen LogP contribution in [0.25, 0.3) is 22.3 Å². The summed E-state index contributed by atoms with van der Waals surface area (Å²) in [5.74, 6) is 2.25. The molecule has 0 radical (unpaired) electrons. The third kappa shape index (κ3) is 3.42. The molecule has 0 atom stereocenters. The highest BCUT2D eigenvalue weighted by atomic mass is 16.7. The molecule has 0 aliphatic carbocycles. The molecule has 0 fully saturated rings. The van der Waals surface area contributed by atoms with Gasteiger partial charge in [-0.05, 0) is 70.6 Å². The smallest absolute Gasteiger partial charge is 0.231 e. The van der Waals surface area contributed by atoms with E-state index in [2.05, 4.69) is 23.2 Å². The largest absolute Gasteiger partial charge is 0.508 e. The second-order valence-corrected chi connectivity index (χ2v) is 7.23. The zero-order chi connectivity index (χ0) is 20.5. The highest BCUT2D eigenvalue weighted by Crippen LogP contribution is 2.38. The third-order valence-electron chi connectivity index (χ3n) is 5.21. The SMILES string of the molecule is Nc1ccc(-c2c(Cc3ccc4c(c3)OCO4)cccc2-c2cccc(O)c2)cn1. The maximum Gasteiger partial charge on any atom is 0.231 e. The van der Waals surface area contributed by atoms with Crippen LogP contribution in [-0.4, -0.2) is 16.9 Å². The Morgan fingerprint density at radius 3 is 2.57 bits per heavy atom. The van der Waals surface area contributed by atoms with Gasteiger partial charge in [0, 0.05) is 11.8 Å². The van der Waals surface area contributed by atoms with E-state index in [4.69, 9.17) is 15.2 Å². The minimum absolute atomic E-state index is 0.232. The van der Waals surface area contributed by atoms with Gasteiger partial charge in [0.2, 0.25) is 6.79 Å². The molecule has 5 heteroatoms. The zero-order valence-corrected chi connectivity index (χ0v) is 16.2.